The second-order valence-electron chi connectivity index (χ2n) is 4.33. The molecule has 2 nitrogen and oxygen atoms in total. The molecule has 1 fully saturated rings. The zero-order valence-corrected chi connectivity index (χ0v) is 10.3. The Hall–Kier alpha value is -0.540. The van der Waals surface area contributed by atoms with Crippen molar-refractivity contribution in [2.75, 3.05) is 6.54 Å². The number of phenolic OH excluding ortho intramolecular Hbond substituents is 1. The van der Waals surface area contributed by atoms with Crippen LogP contribution in [0.1, 0.15) is 31.2 Å². The Morgan fingerprint density at radius 2 is 2.13 bits per heavy atom. The first kappa shape index (κ1) is 11.0. The van der Waals surface area contributed by atoms with Crippen molar-refractivity contribution in [3.05, 3.63) is 28.2 Å². The molecule has 0 amide bonds. The van der Waals surface area contributed by atoms with Crippen LogP contribution >= 0.6 is 15.9 Å². The van der Waals surface area contributed by atoms with Gasteiger partial charge >= 0.3 is 0 Å². The van der Waals surface area contributed by atoms with E-state index in [1.54, 1.807) is 6.07 Å². The Balaban J connectivity index is 2.34. The fourth-order valence-corrected chi connectivity index (χ4v) is 2.84. The Bertz CT molecular complexity index is 361. The van der Waals surface area contributed by atoms with Gasteiger partial charge in [-0.05, 0) is 37.9 Å². The highest BCUT2D eigenvalue weighted by Crippen LogP contribution is 2.49. The Labute approximate surface area is 98.6 Å². The number of halogens is 1. The van der Waals surface area contributed by atoms with Crippen LogP contribution < -0.4 is 5.73 Å². The minimum absolute atomic E-state index is 0.152. The molecule has 0 aromatic heterocycles. The standard InChI is InChI=1S/C12H16BrNO/c13-9-2-3-10(11(15)8-9)12(6-7-14)4-1-5-12/h2-3,8,15H,1,4-7,14H2. The van der Waals surface area contributed by atoms with Gasteiger partial charge in [0.1, 0.15) is 5.75 Å². The zero-order chi connectivity index (χ0) is 10.9. The molecule has 1 aromatic rings. The lowest BCUT2D eigenvalue weighted by atomic mass is 9.62. The quantitative estimate of drug-likeness (QED) is 0.887. The number of nitrogens with two attached hydrogens (primary N) is 1. The van der Waals surface area contributed by atoms with Crippen molar-refractivity contribution in [1.29, 1.82) is 0 Å². The van der Waals surface area contributed by atoms with Crippen LogP contribution in [0.3, 0.4) is 0 Å². The van der Waals surface area contributed by atoms with Gasteiger partial charge in [0.25, 0.3) is 0 Å². The highest BCUT2D eigenvalue weighted by molar-refractivity contribution is 9.10. The van der Waals surface area contributed by atoms with E-state index in [0.29, 0.717) is 12.3 Å². The van der Waals surface area contributed by atoms with Gasteiger partial charge in [-0.2, -0.15) is 0 Å². The van der Waals surface area contributed by atoms with E-state index in [9.17, 15) is 5.11 Å². The summed E-state index contributed by atoms with van der Waals surface area (Å²) >= 11 is 3.36. The molecule has 82 valence electrons. The minimum atomic E-state index is 0.152. The Morgan fingerprint density at radius 1 is 1.40 bits per heavy atom. The molecule has 2 rings (SSSR count). The molecule has 1 aliphatic rings. The highest BCUT2D eigenvalue weighted by Gasteiger charge is 2.39. The van der Waals surface area contributed by atoms with Crippen molar-refractivity contribution in [1.82, 2.24) is 0 Å². The van der Waals surface area contributed by atoms with Gasteiger partial charge in [0.2, 0.25) is 0 Å². The molecular weight excluding hydrogens is 254 g/mol. The maximum absolute atomic E-state index is 9.95. The summed E-state index contributed by atoms with van der Waals surface area (Å²) in [7, 11) is 0. The molecule has 0 radical (unpaired) electrons. The van der Waals surface area contributed by atoms with Crippen molar-refractivity contribution < 1.29 is 5.11 Å². The molecular formula is C12H16BrNO. The summed E-state index contributed by atoms with van der Waals surface area (Å²) in [6.45, 7) is 0.690. The Morgan fingerprint density at radius 3 is 2.60 bits per heavy atom. The second-order valence-corrected chi connectivity index (χ2v) is 5.25. The van der Waals surface area contributed by atoms with Crippen LogP contribution in [0.25, 0.3) is 0 Å². The molecule has 0 aliphatic heterocycles. The van der Waals surface area contributed by atoms with E-state index in [-0.39, 0.29) is 5.41 Å². The zero-order valence-electron chi connectivity index (χ0n) is 8.67. The highest BCUT2D eigenvalue weighted by atomic mass is 79.9. The van der Waals surface area contributed by atoms with Crippen LogP contribution in [-0.4, -0.2) is 11.7 Å². The third kappa shape index (κ3) is 1.91. The van der Waals surface area contributed by atoms with Crippen LogP contribution in [0, 0.1) is 0 Å². The molecule has 3 heteroatoms. The summed E-state index contributed by atoms with van der Waals surface area (Å²) in [5, 5.41) is 9.95. The molecule has 0 bridgehead atoms. The first-order valence-electron chi connectivity index (χ1n) is 5.37. The van der Waals surface area contributed by atoms with E-state index in [0.717, 1.165) is 29.3 Å². The smallest absolute Gasteiger partial charge is 0.120 e. The number of hydrogen-bond donors (Lipinski definition) is 2. The van der Waals surface area contributed by atoms with E-state index in [1.807, 2.05) is 12.1 Å². The fraction of sp³-hybridized carbons (Fsp3) is 0.500. The van der Waals surface area contributed by atoms with Crippen molar-refractivity contribution in [2.24, 2.45) is 5.73 Å². The van der Waals surface area contributed by atoms with Crippen molar-refractivity contribution >= 4 is 15.9 Å². The molecule has 15 heavy (non-hydrogen) atoms. The summed E-state index contributed by atoms with van der Waals surface area (Å²) in [6, 6.07) is 5.78. The summed E-state index contributed by atoms with van der Waals surface area (Å²) < 4.78 is 0.922. The minimum Gasteiger partial charge on any atom is -0.508 e. The number of aromatic hydroxyl groups is 1. The molecule has 0 saturated heterocycles. The van der Waals surface area contributed by atoms with E-state index in [4.69, 9.17) is 5.73 Å². The predicted octanol–water partition coefficient (Wildman–Crippen LogP) is 2.93. The van der Waals surface area contributed by atoms with Crippen molar-refractivity contribution in [3.8, 4) is 5.75 Å². The van der Waals surface area contributed by atoms with Gasteiger partial charge in [-0.1, -0.05) is 28.4 Å². The van der Waals surface area contributed by atoms with E-state index >= 15 is 0 Å². The normalized spacial score (nSPS) is 18.5. The Kier molecular flexibility index (Phi) is 3.03. The lowest BCUT2D eigenvalue weighted by molar-refractivity contribution is 0.222. The maximum Gasteiger partial charge on any atom is 0.120 e. The third-order valence-corrected chi connectivity index (χ3v) is 3.96. The second kappa shape index (κ2) is 4.14. The van der Waals surface area contributed by atoms with Crippen LogP contribution in [-0.2, 0) is 5.41 Å². The van der Waals surface area contributed by atoms with Crippen molar-refractivity contribution in [2.45, 2.75) is 31.1 Å². The van der Waals surface area contributed by atoms with E-state index in [2.05, 4.69) is 15.9 Å². The van der Waals surface area contributed by atoms with Gasteiger partial charge in [-0.15, -0.1) is 0 Å². The number of phenols is 1. The molecule has 0 unspecified atom stereocenters. The average molecular weight is 270 g/mol. The van der Waals surface area contributed by atoms with Gasteiger partial charge < -0.3 is 10.8 Å². The molecule has 3 N–H and O–H groups in total. The van der Waals surface area contributed by atoms with E-state index in [1.165, 1.54) is 6.42 Å². The molecule has 1 aromatic carbocycles. The molecule has 0 spiro atoms. The lowest BCUT2D eigenvalue weighted by Crippen LogP contribution is -2.36. The van der Waals surface area contributed by atoms with Gasteiger partial charge in [-0.3, -0.25) is 0 Å². The predicted molar refractivity (Wildman–Crippen MR) is 65.0 cm³/mol. The number of rotatable bonds is 3. The van der Waals surface area contributed by atoms with Crippen molar-refractivity contribution in [3.63, 3.8) is 0 Å². The third-order valence-electron chi connectivity index (χ3n) is 3.46. The van der Waals surface area contributed by atoms with Crippen LogP contribution in [0.2, 0.25) is 0 Å². The summed E-state index contributed by atoms with van der Waals surface area (Å²) in [4.78, 5) is 0. The molecule has 0 atom stereocenters. The average Bonchev–Trinajstić information content (AvgIpc) is 2.12. The monoisotopic (exact) mass is 269 g/mol. The van der Waals surface area contributed by atoms with Gasteiger partial charge in [0, 0.05) is 15.5 Å². The number of hydrogen-bond acceptors (Lipinski definition) is 2. The fourth-order valence-electron chi connectivity index (χ4n) is 2.49. The number of benzene rings is 1. The SMILES string of the molecule is NCCC1(c2ccc(Br)cc2O)CCC1. The van der Waals surface area contributed by atoms with E-state index < -0.39 is 0 Å². The molecule has 1 aliphatic carbocycles. The van der Waals surface area contributed by atoms with Gasteiger partial charge in [0.15, 0.2) is 0 Å². The molecule has 1 saturated carbocycles. The largest absolute Gasteiger partial charge is 0.508 e. The van der Waals surface area contributed by atoms with Crippen LogP contribution in [0.4, 0.5) is 0 Å². The van der Waals surface area contributed by atoms with Crippen LogP contribution in [0.15, 0.2) is 22.7 Å². The van der Waals surface area contributed by atoms with Gasteiger partial charge in [-0.25, -0.2) is 0 Å². The topological polar surface area (TPSA) is 46.2 Å². The molecule has 0 heterocycles. The first-order chi connectivity index (χ1) is 7.18. The lowest BCUT2D eigenvalue weighted by Gasteiger charge is -2.42. The maximum atomic E-state index is 9.95. The first-order valence-corrected chi connectivity index (χ1v) is 6.16. The van der Waals surface area contributed by atoms with Crippen LogP contribution in [0.5, 0.6) is 5.75 Å². The summed E-state index contributed by atoms with van der Waals surface area (Å²) in [6.07, 6.45) is 4.52. The summed E-state index contributed by atoms with van der Waals surface area (Å²) in [5.74, 6) is 0.400. The summed E-state index contributed by atoms with van der Waals surface area (Å²) in [5.41, 5.74) is 6.87. The van der Waals surface area contributed by atoms with Gasteiger partial charge in [0.05, 0.1) is 0 Å².